The van der Waals surface area contributed by atoms with Crippen molar-refractivity contribution in [3.05, 3.63) is 76.5 Å². The molecule has 1 aromatic heterocycles. The topological polar surface area (TPSA) is 54.4 Å². The maximum Gasteiger partial charge on any atom is 0.416 e. The van der Waals surface area contributed by atoms with Crippen molar-refractivity contribution in [3.8, 4) is 10.6 Å². The van der Waals surface area contributed by atoms with E-state index in [1.54, 1.807) is 5.38 Å². The summed E-state index contributed by atoms with van der Waals surface area (Å²) in [7, 11) is 0. The Morgan fingerprint density at radius 2 is 1.93 bits per heavy atom. The van der Waals surface area contributed by atoms with E-state index >= 15 is 0 Å². The molecule has 1 heterocycles. The summed E-state index contributed by atoms with van der Waals surface area (Å²) in [6.07, 6.45) is -3.71. The first-order valence-corrected chi connectivity index (χ1v) is 8.89. The van der Waals surface area contributed by atoms with E-state index in [1.807, 2.05) is 30.3 Å². The third kappa shape index (κ3) is 5.01. The molecule has 0 saturated heterocycles. The molecule has 0 unspecified atom stereocenters. The molecule has 1 N–H and O–H groups in total. The van der Waals surface area contributed by atoms with E-state index in [0.717, 1.165) is 28.9 Å². The van der Waals surface area contributed by atoms with Crippen LogP contribution in [0.3, 0.4) is 0 Å². The van der Waals surface area contributed by atoms with Crippen molar-refractivity contribution in [1.82, 2.24) is 10.4 Å². The number of halogens is 4. The highest BCUT2D eigenvalue weighted by Gasteiger charge is 2.31. The molecule has 0 saturated carbocycles. The van der Waals surface area contributed by atoms with E-state index in [9.17, 15) is 22.4 Å². The van der Waals surface area contributed by atoms with Gasteiger partial charge in [0.15, 0.2) is 0 Å². The minimum Gasteiger partial charge on any atom is -0.273 e. The number of carbonyl (C=O) groups excluding carboxylic acids is 1. The first-order chi connectivity index (χ1) is 13.3. The van der Waals surface area contributed by atoms with E-state index in [0.29, 0.717) is 11.8 Å². The zero-order chi connectivity index (χ0) is 20.1. The van der Waals surface area contributed by atoms with Crippen LogP contribution in [0.25, 0.3) is 10.6 Å². The molecular weight excluding hydrogens is 394 g/mol. The molecule has 0 bridgehead atoms. The number of benzene rings is 2. The van der Waals surface area contributed by atoms with Crippen molar-refractivity contribution >= 4 is 23.5 Å². The summed E-state index contributed by atoms with van der Waals surface area (Å²) in [4.78, 5) is 16.3. The zero-order valence-corrected chi connectivity index (χ0v) is 15.0. The van der Waals surface area contributed by atoms with Crippen molar-refractivity contribution in [2.75, 3.05) is 0 Å². The van der Waals surface area contributed by atoms with Crippen LogP contribution >= 0.6 is 11.3 Å². The Bertz CT molecular complexity index is 1000. The SMILES string of the molecule is O=C(Cc1csc(-c2ccccc2)n1)N/N=C/c1ccc(C(F)(F)F)cc1F. The van der Waals surface area contributed by atoms with E-state index in [4.69, 9.17) is 0 Å². The number of rotatable bonds is 5. The molecule has 144 valence electrons. The van der Waals surface area contributed by atoms with Gasteiger partial charge in [-0.2, -0.15) is 18.3 Å². The lowest BCUT2D eigenvalue weighted by molar-refractivity contribution is -0.137. The third-order valence-corrected chi connectivity index (χ3v) is 4.58. The number of amides is 1. The highest BCUT2D eigenvalue weighted by molar-refractivity contribution is 7.13. The van der Waals surface area contributed by atoms with Crippen molar-refractivity contribution in [3.63, 3.8) is 0 Å². The molecular formula is C19H13F4N3OS. The Morgan fingerprint density at radius 1 is 1.18 bits per heavy atom. The van der Waals surface area contributed by atoms with Gasteiger partial charge in [0.1, 0.15) is 10.8 Å². The predicted octanol–water partition coefficient (Wildman–Crippen LogP) is 4.66. The maximum atomic E-state index is 13.7. The van der Waals surface area contributed by atoms with Gasteiger partial charge >= 0.3 is 6.18 Å². The molecule has 0 atom stereocenters. The molecule has 9 heteroatoms. The molecule has 0 spiro atoms. The Balaban J connectivity index is 1.58. The number of hydrazone groups is 1. The molecule has 0 fully saturated rings. The molecule has 0 aliphatic rings. The van der Waals surface area contributed by atoms with Gasteiger partial charge in [-0.25, -0.2) is 14.8 Å². The summed E-state index contributed by atoms with van der Waals surface area (Å²) in [5.41, 5.74) is 2.43. The second-order valence-corrected chi connectivity index (χ2v) is 6.57. The van der Waals surface area contributed by atoms with E-state index in [1.165, 1.54) is 11.3 Å². The number of hydrogen-bond donors (Lipinski definition) is 1. The quantitative estimate of drug-likeness (QED) is 0.380. The van der Waals surface area contributed by atoms with E-state index in [-0.39, 0.29) is 12.0 Å². The monoisotopic (exact) mass is 407 g/mol. The predicted molar refractivity (Wildman–Crippen MR) is 98.4 cm³/mol. The fraction of sp³-hybridized carbons (Fsp3) is 0.105. The Kier molecular flexibility index (Phi) is 5.84. The second-order valence-electron chi connectivity index (χ2n) is 5.71. The van der Waals surface area contributed by atoms with Crippen molar-refractivity contribution in [2.24, 2.45) is 5.10 Å². The van der Waals surface area contributed by atoms with Gasteiger partial charge in [0.2, 0.25) is 5.91 Å². The fourth-order valence-electron chi connectivity index (χ4n) is 2.29. The summed E-state index contributed by atoms with van der Waals surface area (Å²) < 4.78 is 51.2. The Morgan fingerprint density at radius 3 is 2.61 bits per heavy atom. The normalized spacial score (nSPS) is 11.7. The van der Waals surface area contributed by atoms with Gasteiger partial charge in [0.05, 0.1) is 23.9 Å². The van der Waals surface area contributed by atoms with Crippen molar-refractivity contribution < 1.29 is 22.4 Å². The van der Waals surface area contributed by atoms with Crippen molar-refractivity contribution in [1.29, 1.82) is 0 Å². The van der Waals surface area contributed by atoms with Gasteiger partial charge in [0.25, 0.3) is 0 Å². The second kappa shape index (κ2) is 8.30. The molecule has 0 radical (unpaired) electrons. The van der Waals surface area contributed by atoms with E-state index < -0.39 is 23.5 Å². The lowest BCUT2D eigenvalue weighted by atomic mass is 10.1. The summed E-state index contributed by atoms with van der Waals surface area (Å²) >= 11 is 1.40. The molecule has 3 aromatic rings. The largest absolute Gasteiger partial charge is 0.416 e. The smallest absolute Gasteiger partial charge is 0.273 e. The Labute approximate surface area is 161 Å². The fourth-order valence-corrected chi connectivity index (χ4v) is 3.11. The summed E-state index contributed by atoms with van der Waals surface area (Å²) in [5.74, 6) is -1.56. The molecule has 1 amide bonds. The van der Waals surface area contributed by atoms with Crippen molar-refractivity contribution in [2.45, 2.75) is 12.6 Å². The minimum absolute atomic E-state index is 0.0316. The van der Waals surface area contributed by atoms with Crippen LogP contribution in [-0.4, -0.2) is 17.1 Å². The standard InChI is InChI=1S/C19H13F4N3OS/c20-16-8-14(19(21,22)23)7-6-13(16)10-24-26-17(27)9-15-11-28-18(25-15)12-4-2-1-3-5-12/h1-8,10-11H,9H2,(H,26,27)/b24-10+. The molecule has 2 aromatic carbocycles. The van der Waals surface area contributed by atoms with Crippen LogP contribution in [0.2, 0.25) is 0 Å². The lowest BCUT2D eigenvalue weighted by Gasteiger charge is -2.07. The highest BCUT2D eigenvalue weighted by Crippen LogP contribution is 2.30. The highest BCUT2D eigenvalue weighted by atomic mass is 32.1. The molecule has 0 aliphatic heterocycles. The first-order valence-electron chi connectivity index (χ1n) is 8.01. The number of nitrogens with one attached hydrogen (secondary N) is 1. The van der Waals surface area contributed by atoms with Crippen LogP contribution < -0.4 is 5.43 Å². The molecule has 3 rings (SSSR count). The van der Waals surface area contributed by atoms with Gasteiger partial charge < -0.3 is 0 Å². The van der Waals surface area contributed by atoms with Gasteiger partial charge in [-0.1, -0.05) is 30.3 Å². The maximum absolute atomic E-state index is 13.7. The Hall–Kier alpha value is -3.07. The molecule has 28 heavy (non-hydrogen) atoms. The number of hydrogen-bond acceptors (Lipinski definition) is 4. The summed E-state index contributed by atoms with van der Waals surface area (Å²) in [6, 6.07) is 11.5. The van der Waals surface area contributed by atoms with Crippen LogP contribution in [0.15, 0.2) is 59.0 Å². The van der Waals surface area contributed by atoms with Crippen LogP contribution in [0.5, 0.6) is 0 Å². The van der Waals surface area contributed by atoms with Gasteiger partial charge in [-0.3, -0.25) is 4.79 Å². The minimum atomic E-state index is -4.63. The van der Waals surface area contributed by atoms with Gasteiger partial charge in [-0.15, -0.1) is 11.3 Å². The number of aromatic nitrogens is 1. The first kappa shape index (κ1) is 19.7. The number of nitrogens with zero attached hydrogens (tertiary/aromatic N) is 2. The third-order valence-electron chi connectivity index (χ3n) is 3.63. The average Bonchev–Trinajstić information content (AvgIpc) is 3.11. The molecule has 0 aliphatic carbocycles. The average molecular weight is 407 g/mol. The van der Waals surface area contributed by atoms with Crippen LogP contribution in [0, 0.1) is 5.82 Å². The van der Waals surface area contributed by atoms with Gasteiger partial charge in [-0.05, 0) is 18.2 Å². The lowest BCUT2D eigenvalue weighted by Crippen LogP contribution is -2.20. The van der Waals surface area contributed by atoms with Crippen LogP contribution in [0.4, 0.5) is 17.6 Å². The molecule has 4 nitrogen and oxygen atoms in total. The summed E-state index contributed by atoms with van der Waals surface area (Å²) in [6.45, 7) is 0. The summed E-state index contributed by atoms with van der Waals surface area (Å²) in [5, 5.41) is 6.11. The number of thiazole rings is 1. The van der Waals surface area contributed by atoms with Crippen LogP contribution in [0.1, 0.15) is 16.8 Å². The number of carbonyl (C=O) groups is 1. The van der Waals surface area contributed by atoms with Crippen LogP contribution in [-0.2, 0) is 17.4 Å². The van der Waals surface area contributed by atoms with Gasteiger partial charge in [0, 0.05) is 16.5 Å². The zero-order valence-electron chi connectivity index (χ0n) is 14.2. The van der Waals surface area contributed by atoms with E-state index in [2.05, 4.69) is 15.5 Å². The number of alkyl halides is 3.